The van der Waals surface area contributed by atoms with Crippen LogP contribution in [0.1, 0.15) is 26.7 Å². The molecule has 2 rings (SSSR count). The lowest BCUT2D eigenvalue weighted by molar-refractivity contribution is 0.180. The highest BCUT2D eigenvalue weighted by Gasteiger charge is 2.24. The van der Waals surface area contributed by atoms with E-state index in [1.54, 1.807) is 0 Å². The number of likely N-dealkylation sites (tertiary alicyclic amines) is 1. The summed E-state index contributed by atoms with van der Waals surface area (Å²) in [5.41, 5.74) is 0.989. The van der Waals surface area contributed by atoms with Crippen molar-refractivity contribution in [1.29, 1.82) is 0 Å². The summed E-state index contributed by atoms with van der Waals surface area (Å²) >= 11 is 0. The van der Waals surface area contributed by atoms with Crippen LogP contribution in [0.3, 0.4) is 0 Å². The van der Waals surface area contributed by atoms with E-state index in [0.717, 1.165) is 44.1 Å². The van der Waals surface area contributed by atoms with Crippen LogP contribution in [0.25, 0.3) is 0 Å². The summed E-state index contributed by atoms with van der Waals surface area (Å²) in [5.74, 6) is 0.751. The predicted molar refractivity (Wildman–Crippen MR) is 74.8 cm³/mol. The molecule has 0 radical (unpaired) electrons. The Bertz CT molecular complexity index is 383. The number of carbonyl (C=O) groups excluding carboxylic acids is 1. The first-order valence-corrected chi connectivity index (χ1v) is 6.84. The molecule has 98 valence electrons. The van der Waals surface area contributed by atoms with Crippen LogP contribution in [0.5, 0.6) is 0 Å². The molecule has 0 unspecified atom stereocenters. The second-order valence-corrected chi connectivity index (χ2v) is 5.03. The molecule has 1 saturated heterocycles. The Balaban J connectivity index is 2.06. The van der Waals surface area contributed by atoms with Gasteiger partial charge in [0.25, 0.3) is 0 Å². The highest BCUT2D eigenvalue weighted by molar-refractivity contribution is 5.91. The van der Waals surface area contributed by atoms with E-state index in [-0.39, 0.29) is 6.03 Å². The van der Waals surface area contributed by atoms with Crippen molar-refractivity contribution >= 4 is 11.7 Å². The van der Waals surface area contributed by atoms with E-state index >= 15 is 0 Å². The van der Waals surface area contributed by atoms with Crippen LogP contribution in [0, 0.1) is 5.92 Å². The molecular weight excluding hydrogens is 224 g/mol. The van der Waals surface area contributed by atoms with E-state index in [1.807, 2.05) is 47.1 Å². The zero-order valence-electron chi connectivity index (χ0n) is 11.3. The molecule has 1 aromatic rings. The van der Waals surface area contributed by atoms with Crippen molar-refractivity contribution in [3.8, 4) is 0 Å². The molecule has 0 aromatic heterocycles. The molecule has 0 bridgehead atoms. The molecule has 1 aliphatic rings. The van der Waals surface area contributed by atoms with Crippen molar-refractivity contribution in [2.75, 3.05) is 24.5 Å². The fourth-order valence-electron chi connectivity index (χ4n) is 2.41. The zero-order valence-corrected chi connectivity index (χ0v) is 11.3. The molecule has 18 heavy (non-hydrogen) atoms. The van der Waals surface area contributed by atoms with Gasteiger partial charge in [0.1, 0.15) is 0 Å². The highest BCUT2D eigenvalue weighted by Crippen LogP contribution is 2.20. The van der Waals surface area contributed by atoms with Crippen molar-refractivity contribution < 1.29 is 4.79 Å². The Labute approximate surface area is 109 Å². The monoisotopic (exact) mass is 246 g/mol. The number of amides is 2. The van der Waals surface area contributed by atoms with E-state index in [1.165, 1.54) is 0 Å². The molecule has 2 amide bonds. The van der Waals surface area contributed by atoms with Crippen molar-refractivity contribution in [2.45, 2.75) is 26.7 Å². The first-order valence-electron chi connectivity index (χ1n) is 6.84. The molecule has 0 aliphatic carbocycles. The normalized spacial score (nSPS) is 16.7. The van der Waals surface area contributed by atoms with Gasteiger partial charge in [-0.2, -0.15) is 0 Å². The van der Waals surface area contributed by atoms with Crippen LogP contribution in [-0.4, -0.2) is 30.6 Å². The predicted octanol–water partition coefficient (Wildman–Crippen LogP) is 3.36. The van der Waals surface area contributed by atoms with Crippen LogP contribution >= 0.6 is 0 Å². The summed E-state index contributed by atoms with van der Waals surface area (Å²) in [4.78, 5) is 16.3. The first kappa shape index (κ1) is 12.9. The molecule has 1 aromatic carbocycles. The summed E-state index contributed by atoms with van der Waals surface area (Å²) in [7, 11) is 0. The third kappa shape index (κ3) is 2.84. The van der Waals surface area contributed by atoms with Gasteiger partial charge in [-0.05, 0) is 37.8 Å². The summed E-state index contributed by atoms with van der Waals surface area (Å²) in [6.07, 6.45) is 2.25. The molecule has 1 aliphatic heterocycles. The minimum atomic E-state index is 0.149. The Hall–Kier alpha value is -1.51. The van der Waals surface area contributed by atoms with Gasteiger partial charge in [0.05, 0.1) is 0 Å². The summed E-state index contributed by atoms with van der Waals surface area (Å²) in [5, 5.41) is 0. The van der Waals surface area contributed by atoms with Gasteiger partial charge in [-0.3, -0.25) is 4.90 Å². The van der Waals surface area contributed by atoms with Crippen LogP contribution in [0.2, 0.25) is 0 Å². The molecule has 3 nitrogen and oxygen atoms in total. The smallest absolute Gasteiger partial charge is 0.324 e. The Morgan fingerprint density at radius 1 is 1.28 bits per heavy atom. The van der Waals surface area contributed by atoms with E-state index in [9.17, 15) is 4.79 Å². The Morgan fingerprint density at radius 2 is 1.89 bits per heavy atom. The van der Waals surface area contributed by atoms with Crippen LogP contribution < -0.4 is 4.90 Å². The van der Waals surface area contributed by atoms with Crippen molar-refractivity contribution in [3.63, 3.8) is 0 Å². The maximum Gasteiger partial charge on any atom is 0.324 e. The van der Waals surface area contributed by atoms with E-state index in [0.29, 0.717) is 0 Å². The van der Waals surface area contributed by atoms with Gasteiger partial charge in [-0.15, -0.1) is 0 Å². The second kappa shape index (κ2) is 5.89. The number of anilines is 1. The van der Waals surface area contributed by atoms with Gasteiger partial charge in [0.2, 0.25) is 0 Å². The first-order chi connectivity index (χ1) is 8.72. The van der Waals surface area contributed by atoms with Crippen LogP contribution in [0.4, 0.5) is 10.5 Å². The van der Waals surface area contributed by atoms with Crippen LogP contribution in [-0.2, 0) is 0 Å². The molecule has 0 saturated carbocycles. The minimum absolute atomic E-state index is 0.149. The van der Waals surface area contributed by atoms with Gasteiger partial charge in [-0.25, -0.2) is 4.79 Å². The van der Waals surface area contributed by atoms with Crippen molar-refractivity contribution in [1.82, 2.24) is 4.90 Å². The maximum absolute atomic E-state index is 12.5. The number of para-hydroxylation sites is 1. The number of rotatable bonds is 2. The summed E-state index contributed by atoms with van der Waals surface area (Å²) in [6.45, 7) is 6.79. The van der Waals surface area contributed by atoms with Gasteiger partial charge >= 0.3 is 6.03 Å². The molecule has 3 heteroatoms. The van der Waals surface area contributed by atoms with Crippen LogP contribution in [0.15, 0.2) is 30.3 Å². The maximum atomic E-state index is 12.5. The number of urea groups is 1. The SMILES string of the molecule is CCN(C(=O)N1CCC(C)CC1)c1ccccc1. The molecule has 1 fully saturated rings. The number of piperidine rings is 1. The number of hydrogen-bond donors (Lipinski definition) is 0. The third-order valence-electron chi connectivity index (χ3n) is 3.67. The number of hydrogen-bond acceptors (Lipinski definition) is 1. The quantitative estimate of drug-likeness (QED) is 0.785. The largest absolute Gasteiger partial charge is 0.324 e. The zero-order chi connectivity index (χ0) is 13.0. The topological polar surface area (TPSA) is 23.6 Å². The number of nitrogens with zero attached hydrogens (tertiary/aromatic N) is 2. The van der Waals surface area contributed by atoms with Crippen molar-refractivity contribution in [2.24, 2.45) is 5.92 Å². The van der Waals surface area contributed by atoms with E-state index < -0.39 is 0 Å². The lowest BCUT2D eigenvalue weighted by Crippen LogP contribution is -2.46. The lowest BCUT2D eigenvalue weighted by atomic mass is 9.99. The molecule has 1 heterocycles. The standard InChI is InChI=1S/C15H22N2O/c1-3-17(14-7-5-4-6-8-14)15(18)16-11-9-13(2)10-12-16/h4-8,13H,3,9-12H2,1-2H3. The highest BCUT2D eigenvalue weighted by atomic mass is 16.2. The Morgan fingerprint density at radius 3 is 2.44 bits per heavy atom. The van der Waals surface area contributed by atoms with Gasteiger partial charge < -0.3 is 4.90 Å². The van der Waals surface area contributed by atoms with Gasteiger partial charge in [-0.1, -0.05) is 25.1 Å². The molecule has 0 spiro atoms. The van der Waals surface area contributed by atoms with Gasteiger partial charge in [0.15, 0.2) is 0 Å². The van der Waals surface area contributed by atoms with E-state index in [4.69, 9.17) is 0 Å². The second-order valence-electron chi connectivity index (χ2n) is 5.03. The van der Waals surface area contributed by atoms with Crippen molar-refractivity contribution in [3.05, 3.63) is 30.3 Å². The molecule has 0 atom stereocenters. The van der Waals surface area contributed by atoms with E-state index in [2.05, 4.69) is 6.92 Å². The fourth-order valence-corrected chi connectivity index (χ4v) is 2.41. The minimum Gasteiger partial charge on any atom is -0.324 e. The third-order valence-corrected chi connectivity index (χ3v) is 3.67. The molecular formula is C15H22N2O. The average molecular weight is 246 g/mol. The average Bonchev–Trinajstić information content (AvgIpc) is 2.41. The summed E-state index contributed by atoms with van der Waals surface area (Å²) < 4.78 is 0. The van der Waals surface area contributed by atoms with Gasteiger partial charge in [0, 0.05) is 25.3 Å². The number of carbonyl (C=O) groups is 1. The number of benzene rings is 1. The summed E-state index contributed by atoms with van der Waals surface area (Å²) in [6, 6.07) is 10.1. The Kier molecular flexibility index (Phi) is 4.24. The molecule has 0 N–H and O–H groups in total. The fraction of sp³-hybridized carbons (Fsp3) is 0.533. The lowest BCUT2D eigenvalue weighted by Gasteiger charge is -2.34.